The van der Waals surface area contributed by atoms with Gasteiger partial charge in [0.1, 0.15) is 0 Å². The number of sulfone groups is 1. The van der Waals surface area contributed by atoms with Crippen LogP contribution in [-0.2, 0) is 19.4 Å². The highest BCUT2D eigenvalue weighted by Crippen LogP contribution is 2.74. The molecule has 6 nitrogen and oxygen atoms in total. The number of hydrogen-bond donors (Lipinski definition) is 1. The first-order valence-corrected chi connectivity index (χ1v) is 9.66. The molecule has 0 aromatic heterocycles. The van der Waals surface area contributed by atoms with Gasteiger partial charge in [-0.1, -0.05) is 18.2 Å². The molecular formula is C17H19NO5S. The number of carbonyl (C=O) groups is 2. The average Bonchev–Trinajstić information content (AvgIpc) is 2.95. The van der Waals surface area contributed by atoms with Gasteiger partial charge in [-0.3, -0.25) is 9.59 Å². The van der Waals surface area contributed by atoms with E-state index in [1.807, 2.05) is 0 Å². The summed E-state index contributed by atoms with van der Waals surface area (Å²) in [6.45, 7) is 0.634. The third kappa shape index (κ3) is 1.97. The topological polar surface area (TPSA) is 91.8 Å². The van der Waals surface area contributed by atoms with E-state index in [-0.39, 0.29) is 12.5 Å². The number of aliphatic carboxylic acids is 1. The van der Waals surface area contributed by atoms with Gasteiger partial charge >= 0.3 is 5.97 Å². The minimum Gasteiger partial charge on any atom is -0.481 e. The lowest BCUT2D eigenvalue weighted by molar-refractivity contribution is -0.225. The molecule has 1 unspecified atom stereocenters. The zero-order valence-electron chi connectivity index (χ0n) is 13.1. The fourth-order valence-electron chi connectivity index (χ4n) is 4.55. The van der Waals surface area contributed by atoms with E-state index in [0.717, 1.165) is 0 Å². The summed E-state index contributed by atoms with van der Waals surface area (Å²) in [5.74, 6) is -0.875. The highest BCUT2D eigenvalue weighted by molar-refractivity contribution is 7.92. The molecule has 2 bridgehead atoms. The smallest absolute Gasteiger partial charge is 0.309 e. The van der Waals surface area contributed by atoms with Crippen LogP contribution in [-0.4, -0.2) is 48.6 Å². The first-order chi connectivity index (χ1) is 11.3. The standard InChI is InChI=1S/C17H19NO5S/c19-14(16-9-17(10-16,11-16)15(20)21)18-7-6-13(8-18)24(22,23)12-4-2-1-3-5-12/h1-5,13H,6-11H2,(H,20,21). The van der Waals surface area contributed by atoms with E-state index in [2.05, 4.69) is 0 Å². The van der Waals surface area contributed by atoms with Crippen molar-refractivity contribution in [3.8, 4) is 0 Å². The molecular weight excluding hydrogens is 330 g/mol. The third-order valence-corrected chi connectivity index (χ3v) is 8.07. The van der Waals surface area contributed by atoms with Crippen LogP contribution < -0.4 is 0 Å². The number of carboxylic acids is 1. The van der Waals surface area contributed by atoms with Crippen molar-refractivity contribution in [2.24, 2.45) is 10.8 Å². The van der Waals surface area contributed by atoms with Gasteiger partial charge in [0.05, 0.1) is 21.0 Å². The van der Waals surface area contributed by atoms with Crippen molar-refractivity contribution in [1.29, 1.82) is 0 Å². The molecule has 1 saturated heterocycles. The Labute approximate surface area is 140 Å². The van der Waals surface area contributed by atoms with Crippen molar-refractivity contribution < 1.29 is 23.1 Å². The Morgan fingerprint density at radius 1 is 1.08 bits per heavy atom. The molecule has 1 aromatic rings. The maximum Gasteiger partial charge on any atom is 0.309 e. The predicted molar refractivity (Wildman–Crippen MR) is 85.0 cm³/mol. The lowest BCUT2D eigenvalue weighted by Crippen LogP contribution is -2.70. The van der Waals surface area contributed by atoms with Gasteiger partial charge in [-0.2, -0.15) is 0 Å². The molecule has 1 amide bonds. The number of benzene rings is 1. The highest BCUT2D eigenvalue weighted by atomic mass is 32.2. The Bertz CT molecular complexity index is 797. The Morgan fingerprint density at radius 3 is 2.29 bits per heavy atom. The highest BCUT2D eigenvalue weighted by Gasteiger charge is 2.75. The predicted octanol–water partition coefficient (Wildman–Crippen LogP) is 1.32. The van der Waals surface area contributed by atoms with Crippen LogP contribution >= 0.6 is 0 Å². The number of carboxylic acid groups (broad SMARTS) is 1. The third-order valence-electron chi connectivity index (χ3n) is 5.88. The molecule has 1 atom stereocenters. The summed E-state index contributed by atoms with van der Waals surface area (Å²) in [6, 6.07) is 8.32. The Hall–Kier alpha value is -1.89. The number of likely N-dealkylation sites (tertiary alicyclic amines) is 1. The number of nitrogens with zero attached hydrogens (tertiary/aromatic N) is 1. The molecule has 24 heavy (non-hydrogen) atoms. The van der Waals surface area contributed by atoms with E-state index in [0.29, 0.717) is 37.1 Å². The lowest BCUT2D eigenvalue weighted by atomic mass is 9.34. The van der Waals surface area contributed by atoms with Crippen molar-refractivity contribution >= 4 is 21.7 Å². The lowest BCUT2D eigenvalue weighted by Gasteiger charge is -2.67. The largest absolute Gasteiger partial charge is 0.481 e. The van der Waals surface area contributed by atoms with Crippen molar-refractivity contribution in [2.75, 3.05) is 13.1 Å². The summed E-state index contributed by atoms with van der Waals surface area (Å²) in [5, 5.41) is 8.58. The molecule has 3 aliphatic carbocycles. The van der Waals surface area contributed by atoms with Crippen LogP contribution in [0.4, 0.5) is 0 Å². The van der Waals surface area contributed by atoms with E-state index in [4.69, 9.17) is 5.11 Å². The number of carbonyl (C=O) groups excluding carboxylic acids is 1. The molecule has 1 aromatic carbocycles. The van der Waals surface area contributed by atoms with Gasteiger partial charge < -0.3 is 10.0 Å². The Morgan fingerprint density at radius 2 is 1.71 bits per heavy atom. The summed E-state index contributed by atoms with van der Waals surface area (Å²) < 4.78 is 25.3. The molecule has 5 rings (SSSR count). The van der Waals surface area contributed by atoms with Crippen LogP contribution in [0.15, 0.2) is 35.2 Å². The second kappa shape index (κ2) is 4.81. The van der Waals surface area contributed by atoms with E-state index >= 15 is 0 Å². The molecule has 128 valence electrons. The second-order valence-corrected chi connectivity index (χ2v) is 9.64. The number of amides is 1. The van der Waals surface area contributed by atoms with Gasteiger partial charge in [-0.05, 0) is 37.8 Å². The zero-order valence-corrected chi connectivity index (χ0v) is 14.0. The molecule has 4 fully saturated rings. The van der Waals surface area contributed by atoms with E-state index in [9.17, 15) is 18.0 Å². The van der Waals surface area contributed by atoms with Crippen LogP contribution in [0.25, 0.3) is 0 Å². The van der Waals surface area contributed by atoms with E-state index < -0.39 is 31.9 Å². The van der Waals surface area contributed by atoms with Gasteiger partial charge in [0.25, 0.3) is 0 Å². The number of hydrogen-bond acceptors (Lipinski definition) is 4. The fraction of sp³-hybridized carbons (Fsp3) is 0.529. The minimum absolute atomic E-state index is 0.0589. The van der Waals surface area contributed by atoms with Crippen LogP contribution in [0.1, 0.15) is 25.7 Å². The van der Waals surface area contributed by atoms with Gasteiger partial charge in [0.15, 0.2) is 9.84 Å². The summed E-state index contributed by atoms with van der Waals surface area (Å²) >= 11 is 0. The quantitative estimate of drug-likeness (QED) is 0.885. The van der Waals surface area contributed by atoms with Gasteiger partial charge in [0.2, 0.25) is 5.91 Å². The van der Waals surface area contributed by atoms with Crippen molar-refractivity contribution in [1.82, 2.24) is 4.90 Å². The molecule has 1 N–H and O–H groups in total. The first-order valence-electron chi connectivity index (χ1n) is 8.11. The van der Waals surface area contributed by atoms with E-state index in [1.165, 1.54) is 0 Å². The molecule has 0 radical (unpaired) electrons. The molecule has 0 spiro atoms. The van der Waals surface area contributed by atoms with E-state index in [1.54, 1.807) is 35.2 Å². The summed E-state index contributed by atoms with van der Waals surface area (Å²) in [6.07, 6.45) is 1.64. The molecule has 4 aliphatic rings. The molecule has 1 heterocycles. The summed E-state index contributed by atoms with van der Waals surface area (Å²) in [5.41, 5.74) is -1.23. The van der Waals surface area contributed by atoms with Crippen molar-refractivity contribution in [3.05, 3.63) is 30.3 Å². The molecule has 1 aliphatic heterocycles. The van der Waals surface area contributed by atoms with Crippen molar-refractivity contribution in [3.63, 3.8) is 0 Å². The van der Waals surface area contributed by atoms with Gasteiger partial charge in [0, 0.05) is 13.1 Å². The van der Waals surface area contributed by atoms with Crippen molar-refractivity contribution in [2.45, 2.75) is 35.8 Å². The monoisotopic (exact) mass is 349 g/mol. The molecule has 3 saturated carbocycles. The van der Waals surface area contributed by atoms with Gasteiger partial charge in [-0.15, -0.1) is 0 Å². The SMILES string of the molecule is O=C(O)C12CC(C(=O)N3CCC(S(=O)(=O)c4ccccc4)C3)(C1)C2. The van der Waals surface area contributed by atoms with Crippen LogP contribution in [0, 0.1) is 10.8 Å². The first kappa shape index (κ1) is 15.6. The fourth-order valence-corrected chi connectivity index (χ4v) is 6.26. The van der Waals surface area contributed by atoms with Gasteiger partial charge in [-0.25, -0.2) is 8.42 Å². The zero-order chi connectivity index (χ0) is 17.2. The number of rotatable bonds is 4. The van der Waals surface area contributed by atoms with Crippen LogP contribution in [0.2, 0.25) is 0 Å². The van der Waals surface area contributed by atoms with Crippen LogP contribution in [0.5, 0.6) is 0 Å². The summed E-state index contributed by atoms with van der Waals surface area (Å²) in [7, 11) is -3.44. The normalized spacial score (nSPS) is 34.3. The average molecular weight is 349 g/mol. The second-order valence-electron chi connectivity index (χ2n) is 7.42. The minimum atomic E-state index is -3.44. The molecule has 7 heteroatoms. The van der Waals surface area contributed by atoms with Crippen LogP contribution in [0.3, 0.4) is 0 Å². The summed E-state index contributed by atoms with van der Waals surface area (Å²) in [4.78, 5) is 25.8. The maximum absolute atomic E-state index is 12.7. The Balaban J connectivity index is 1.45. The Kier molecular flexibility index (Phi) is 3.13. The maximum atomic E-state index is 12.7.